The van der Waals surface area contributed by atoms with Crippen LogP contribution in [-0.4, -0.2) is 56.1 Å². The molecule has 0 saturated carbocycles. The summed E-state index contributed by atoms with van der Waals surface area (Å²) in [6, 6.07) is 10.1. The normalized spacial score (nSPS) is 16.6. The van der Waals surface area contributed by atoms with Gasteiger partial charge in [0.05, 0.1) is 23.1 Å². The summed E-state index contributed by atoms with van der Waals surface area (Å²) in [6.45, 7) is 6.85. The SMILES string of the molecule is CCNC(C)C(OC)C(C)C(=O)NC(Cc1ccccc1)C(=NC)SC. The van der Waals surface area contributed by atoms with Crippen LogP contribution in [0.15, 0.2) is 35.3 Å². The second-order valence-corrected chi connectivity index (χ2v) is 7.18. The summed E-state index contributed by atoms with van der Waals surface area (Å²) in [6.07, 6.45) is 2.51. The van der Waals surface area contributed by atoms with Gasteiger partial charge in [-0.1, -0.05) is 44.2 Å². The summed E-state index contributed by atoms with van der Waals surface area (Å²) in [4.78, 5) is 17.3. The van der Waals surface area contributed by atoms with Crippen LogP contribution in [0.2, 0.25) is 0 Å². The van der Waals surface area contributed by atoms with Crippen molar-refractivity contribution in [2.75, 3.05) is 27.0 Å². The van der Waals surface area contributed by atoms with Gasteiger partial charge in [-0.15, -0.1) is 11.8 Å². The van der Waals surface area contributed by atoms with Crippen LogP contribution in [0.3, 0.4) is 0 Å². The van der Waals surface area contributed by atoms with Crippen LogP contribution in [0, 0.1) is 5.92 Å². The van der Waals surface area contributed by atoms with Gasteiger partial charge < -0.3 is 15.4 Å². The average molecular weight is 380 g/mol. The minimum Gasteiger partial charge on any atom is -0.379 e. The highest BCUT2D eigenvalue weighted by molar-refractivity contribution is 8.13. The van der Waals surface area contributed by atoms with E-state index in [1.165, 1.54) is 5.56 Å². The number of nitrogens with zero attached hydrogens (tertiary/aromatic N) is 1. The van der Waals surface area contributed by atoms with E-state index in [4.69, 9.17) is 4.74 Å². The van der Waals surface area contributed by atoms with Gasteiger partial charge in [-0.2, -0.15) is 0 Å². The van der Waals surface area contributed by atoms with Crippen LogP contribution in [0.25, 0.3) is 0 Å². The molecule has 0 bridgehead atoms. The number of aliphatic imine (C=N–C) groups is 1. The lowest BCUT2D eigenvalue weighted by Gasteiger charge is -2.30. The Labute approximate surface area is 162 Å². The lowest BCUT2D eigenvalue weighted by Crippen LogP contribution is -2.50. The maximum atomic E-state index is 12.9. The molecule has 0 aliphatic rings. The highest BCUT2D eigenvalue weighted by Gasteiger charge is 2.30. The fourth-order valence-electron chi connectivity index (χ4n) is 3.17. The first kappa shape index (κ1) is 22.7. The van der Waals surface area contributed by atoms with Gasteiger partial charge in [-0.3, -0.25) is 9.79 Å². The molecule has 1 rings (SSSR count). The second-order valence-electron chi connectivity index (χ2n) is 6.35. The molecular formula is C20H33N3O2S. The van der Waals surface area contributed by atoms with E-state index in [1.807, 2.05) is 45.2 Å². The Morgan fingerprint density at radius 1 is 1.27 bits per heavy atom. The van der Waals surface area contributed by atoms with E-state index in [2.05, 4.69) is 27.8 Å². The number of methoxy groups -OCH3 is 1. The third-order valence-corrected chi connectivity index (χ3v) is 5.41. The van der Waals surface area contributed by atoms with Crippen LogP contribution in [-0.2, 0) is 16.0 Å². The predicted octanol–water partition coefficient (Wildman–Crippen LogP) is 2.75. The molecule has 26 heavy (non-hydrogen) atoms. The van der Waals surface area contributed by atoms with Crippen LogP contribution >= 0.6 is 11.8 Å². The van der Waals surface area contributed by atoms with E-state index in [0.29, 0.717) is 6.42 Å². The number of ether oxygens (including phenoxy) is 1. The first-order chi connectivity index (χ1) is 12.5. The van der Waals surface area contributed by atoms with E-state index in [1.54, 1.807) is 25.9 Å². The summed E-state index contributed by atoms with van der Waals surface area (Å²) in [5.74, 6) is -0.287. The number of benzene rings is 1. The van der Waals surface area contributed by atoms with E-state index >= 15 is 0 Å². The summed E-state index contributed by atoms with van der Waals surface area (Å²) >= 11 is 1.57. The molecule has 1 aromatic carbocycles. The quantitative estimate of drug-likeness (QED) is 0.485. The number of nitrogens with one attached hydrogen (secondary N) is 2. The summed E-state index contributed by atoms with van der Waals surface area (Å²) in [5, 5.41) is 7.44. The first-order valence-corrected chi connectivity index (χ1v) is 10.3. The highest BCUT2D eigenvalue weighted by Crippen LogP contribution is 2.15. The minimum absolute atomic E-state index is 0.0160. The van der Waals surface area contributed by atoms with Crippen molar-refractivity contribution in [1.29, 1.82) is 0 Å². The zero-order valence-corrected chi connectivity index (χ0v) is 17.6. The van der Waals surface area contributed by atoms with Gasteiger partial charge in [-0.25, -0.2) is 0 Å². The number of likely N-dealkylation sites (N-methyl/N-ethyl adjacent to an activating group) is 1. The standard InChI is InChI=1S/C20H33N3O2S/c1-7-22-15(3)18(25-5)14(2)19(24)23-17(20(21-4)26-6)13-16-11-9-8-10-12-16/h8-12,14-15,17-18,22H,7,13H2,1-6H3,(H,23,24). The van der Waals surface area contributed by atoms with Gasteiger partial charge in [0.15, 0.2) is 0 Å². The van der Waals surface area contributed by atoms with Gasteiger partial charge >= 0.3 is 0 Å². The molecule has 0 aliphatic carbocycles. The number of thioether (sulfide) groups is 1. The average Bonchev–Trinajstić information content (AvgIpc) is 2.64. The van der Waals surface area contributed by atoms with E-state index in [-0.39, 0.29) is 30.0 Å². The number of carbonyl (C=O) groups is 1. The molecule has 2 N–H and O–H groups in total. The van der Waals surface area contributed by atoms with Gasteiger partial charge in [0.1, 0.15) is 0 Å². The maximum Gasteiger partial charge on any atom is 0.226 e. The van der Waals surface area contributed by atoms with Gasteiger partial charge in [0.2, 0.25) is 5.91 Å². The molecule has 1 aromatic rings. The Balaban J connectivity index is 2.89. The Kier molecular flexibility index (Phi) is 10.5. The number of hydrogen-bond acceptors (Lipinski definition) is 5. The van der Waals surface area contributed by atoms with E-state index < -0.39 is 0 Å². The highest BCUT2D eigenvalue weighted by atomic mass is 32.2. The number of amides is 1. The fraction of sp³-hybridized carbons (Fsp3) is 0.600. The van der Waals surface area contributed by atoms with Crippen LogP contribution in [0.1, 0.15) is 26.3 Å². The molecule has 146 valence electrons. The molecule has 0 heterocycles. The Hall–Kier alpha value is -1.37. The van der Waals surface area contributed by atoms with Crippen molar-refractivity contribution in [2.45, 2.75) is 45.4 Å². The number of rotatable bonds is 10. The van der Waals surface area contributed by atoms with E-state index in [9.17, 15) is 4.79 Å². The topological polar surface area (TPSA) is 62.7 Å². The molecule has 0 radical (unpaired) electrons. The van der Waals surface area contributed by atoms with Crippen molar-refractivity contribution in [3.05, 3.63) is 35.9 Å². The zero-order valence-electron chi connectivity index (χ0n) is 16.8. The monoisotopic (exact) mass is 379 g/mol. The van der Waals surface area contributed by atoms with Crippen molar-refractivity contribution in [3.8, 4) is 0 Å². The van der Waals surface area contributed by atoms with Crippen molar-refractivity contribution in [2.24, 2.45) is 10.9 Å². The molecule has 4 unspecified atom stereocenters. The molecule has 4 atom stereocenters. The van der Waals surface area contributed by atoms with Crippen LogP contribution in [0.4, 0.5) is 0 Å². The lowest BCUT2D eigenvalue weighted by molar-refractivity contribution is -0.129. The zero-order chi connectivity index (χ0) is 19.5. The third-order valence-electron chi connectivity index (χ3n) is 4.52. The van der Waals surface area contributed by atoms with Crippen LogP contribution in [0.5, 0.6) is 0 Å². The molecule has 5 nitrogen and oxygen atoms in total. The molecule has 0 aliphatic heterocycles. The molecule has 0 saturated heterocycles. The summed E-state index contributed by atoms with van der Waals surface area (Å²) in [7, 11) is 3.43. The molecule has 0 spiro atoms. The summed E-state index contributed by atoms with van der Waals surface area (Å²) < 4.78 is 5.60. The van der Waals surface area contributed by atoms with Crippen molar-refractivity contribution in [3.63, 3.8) is 0 Å². The number of carbonyl (C=O) groups excluding carboxylic acids is 1. The molecule has 0 aromatic heterocycles. The molecule has 0 fully saturated rings. The van der Waals surface area contributed by atoms with Crippen molar-refractivity contribution in [1.82, 2.24) is 10.6 Å². The first-order valence-electron chi connectivity index (χ1n) is 9.09. The van der Waals surface area contributed by atoms with Crippen LogP contribution < -0.4 is 10.6 Å². The largest absolute Gasteiger partial charge is 0.379 e. The molecule has 1 amide bonds. The Morgan fingerprint density at radius 3 is 2.42 bits per heavy atom. The molecular weight excluding hydrogens is 346 g/mol. The molecule has 6 heteroatoms. The van der Waals surface area contributed by atoms with Crippen molar-refractivity contribution < 1.29 is 9.53 Å². The van der Waals surface area contributed by atoms with Crippen molar-refractivity contribution >= 4 is 22.7 Å². The van der Waals surface area contributed by atoms with Gasteiger partial charge in [-0.05, 0) is 31.7 Å². The lowest BCUT2D eigenvalue weighted by atomic mass is 9.96. The van der Waals surface area contributed by atoms with E-state index in [0.717, 1.165) is 11.6 Å². The maximum absolute atomic E-state index is 12.9. The van der Waals surface area contributed by atoms with Gasteiger partial charge in [0.25, 0.3) is 0 Å². The third kappa shape index (κ3) is 6.74. The Bertz CT molecular complexity index is 565. The Morgan fingerprint density at radius 2 is 1.92 bits per heavy atom. The summed E-state index contributed by atoms with van der Waals surface area (Å²) in [5.41, 5.74) is 1.17. The van der Waals surface area contributed by atoms with Gasteiger partial charge in [0, 0.05) is 20.2 Å². The second kappa shape index (κ2) is 12.1. The fourth-order valence-corrected chi connectivity index (χ4v) is 3.78. The smallest absolute Gasteiger partial charge is 0.226 e. The minimum atomic E-state index is -0.271. The predicted molar refractivity (Wildman–Crippen MR) is 112 cm³/mol. The number of hydrogen-bond donors (Lipinski definition) is 2.